The quantitative estimate of drug-likeness (QED) is 0.633. The van der Waals surface area contributed by atoms with Gasteiger partial charge in [0.15, 0.2) is 0 Å². The van der Waals surface area contributed by atoms with E-state index in [0.717, 1.165) is 0 Å². The molecule has 0 spiro atoms. The van der Waals surface area contributed by atoms with Gasteiger partial charge in [0.05, 0.1) is 11.3 Å². The van der Waals surface area contributed by atoms with E-state index in [4.69, 9.17) is 5.11 Å². The molecule has 0 atom stereocenters. The molecule has 0 aliphatic heterocycles. The fourth-order valence-electron chi connectivity index (χ4n) is 1.90. The normalized spacial score (nSPS) is 12.5. The highest BCUT2D eigenvalue weighted by Gasteiger charge is 2.40. The number of sulfonamides is 1. The van der Waals surface area contributed by atoms with Gasteiger partial charge in [-0.25, -0.2) is 17.6 Å². The number of benzene rings is 1. The monoisotopic (exact) mass is 440 g/mol. The zero-order valence-electron chi connectivity index (χ0n) is 13.4. The van der Waals surface area contributed by atoms with Crippen molar-refractivity contribution >= 4 is 27.6 Å². The molecule has 0 radical (unpaired) electrons. The Kier molecular flexibility index (Phi) is 6.87. The van der Waals surface area contributed by atoms with Crippen LogP contribution < -0.4 is 4.72 Å². The lowest BCUT2D eigenvalue weighted by atomic mass is 10.2. The smallest absolute Gasteiger partial charge is 0.406 e. The Morgan fingerprint density at radius 3 is 1.96 bits per heavy atom. The van der Waals surface area contributed by atoms with Gasteiger partial charge in [0.1, 0.15) is 24.7 Å². The highest BCUT2D eigenvalue weighted by atomic mass is 32.2. The molecule has 1 rings (SSSR count). The van der Waals surface area contributed by atoms with Crippen LogP contribution in [-0.4, -0.2) is 61.5 Å². The van der Waals surface area contributed by atoms with Gasteiger partial charge in [-0.05, 0) is 18.2 Å². The lowest BCUT2D eigenvalue weighted by Gasteiger charge is -2.25. The zero-order valence-corrected chi connectivity index (χ0v) is 14.3. The van der Waals surface area contributed by atoms with Gasteiger partial charge in [-0.3, -0.25) is 9.52 Å². The first-order valence-electron chi connectivity index (χ1n) is 6.94. The molecule has 0 bridgehead atoms. The van der Waals surface area contributed by atoms with Crippen LogP contribution in [0, 0.1) is 5.82 Å². The first-order chi connectivity index (χ1) is 12.5. The van der Waals surface area contributed by atoms with Crippen molar-refractivity contribution in [3.05, 3.63) is 29.6 Å². The molecular weight excluding hydrogens is 429 g/mol. The Balaban J connectivity index is 3.06. The SMILES string of the molecule is O=C(O)c1cc(F)ccc1NS(=O)(=O)CC(=O)N(CC(F)(F)F)CC(F)(F)F. The average Bonchev–Trinajstić information content (AvgIpc) is 2.44. The standard InChI is InChI=1S/C13H11F7N2O5S/c14-7-1-2-9(8(3-7)11(24)25)21-28(26,27)4-10(23)22(5-12(15,16)17)6-13(18,19)20/h1-3,21H,4-6H2,(H,24,25). The van der Waals surface area contributed by atoms with Gasteiger partial charge in [0.25, 0.3) is 0 Å². The summed E-state index contributed by atoms with van der Waals surface area (Å²) in [6.45, 7) is -4.70. The Labute approximate surface area is 152 Å². The van der Waals surface area contributed by atoms with E-state index in [9.17, 15) is 48.7 Å². The maximum absolute atomic E-state index is 13.1. The van der Waals surface area contributed by atoms with Crippen molar-refractivity contribution in [1.82, 2.24) is 4.90 Å². The van der Waals surface area contributed by atoms with E-state index in [-0.39, 0.29) is 0 Å². The molecule has 2 N–H and O–H groups in total. The molecule has 0 fully saturated rings. The first kappa shape index (κ1) is 23.5. The van der Waals surface area contributed by atoms with Gasteiger partial charge in [0, 0.05) is 0 Å². The summed E-state index contributed by atoms with van der Waals surface area (Å²) in [5.74, 6) is -6.70. The van der Waals surface area contributed by atoms with Crippen LogP contribution >= 0.6 is 0 Å². The zero-order chi connectivity index (χ0) is 21.9. The van der Waals surface area contributed by atoms with Crippen molar-refractivity contribution in [2.24, 2.45) is 0 Å². The van der Waals surface area contributed by atoms with Crippen LogP contribution in [-0.2, 0) is 14.8 Å². The van der Waals surface area contributed by atoms with Crippen LogP contribution in [0.1, 0.15) is 10.4 Å². The van der Waals surface area contributed by atoms with Gasteiger partial charge in [-0.1, -0.05) is 0 Å². The molecule has 0 saturated heterocycles. The number of carbonyl (C=O) groups excluding carboxylic acids is 1. The molecule has 0 aliphatic rings. The van der Waals surface area contributed by atoms with Crippen LogP contribution in [0.2, 0.25) is 0 Å². The number of hydrogen-bond acceptors (Lipinski definition) is 4. The van der Waals surface area contributed by atoms with Crippen LogP contribution in [0.4, 0.5) is 36.4 Å². The van der Waals surface area contributed by atoms with E-state index in [1.807, 2.05) is 0 Å². The summed E-state index contributed by atoms with van der Waals surface area (Å²) in [4.78, 5) is 21.9. The van der Waals surface area contributed by atoms with Crippen LogP contribution in [0.15, 0.2) is 18.2 Å². The number of nitrogens with one attached hydrogen (secondary N) is 1. The molecule has 0 aliphatic carbocycles. The number of nitrogens with zero attached hydrogens (tertiary/aromatic N) is 1. The second-order valence-corrected chi connectivity index (χ2v) is 7.06. The highest BCUT2D eigenvalue weighted by molar-refractivity contribution is 7.93. The van der Waals surface area contributed by atoms with Gasteiger partial charge >= 0.3 is 18.3 Å². The van der Waals surface area contributed by atoms with Gasteiger partial charge < -0.3 is 10.0 Å². The van der Waals surface area contributed by atoms with Crippen molar-refractivity contribution in [2.75, 3.05) is 23.6 Å². The van der Waals surface area contributed by atoms with E-state index in [1.165, 1.54) is 4.72 Å². The minimum atomic E-state index is -5.23. The van der Waals surface area contributed by atoms with E-state index in [0.29, 0.717) is 18.2 Å². The van der Waals surface area contributed by atoms with Crippen molar-refractivity contribution < 1.29 is 53.8 Å². The lowest BCUT2D eigenvalue weighted by Crippen LogP contribution is -2.47. The van der Waals surface area contributed by atoms with Crippen LogP contribution in [0.5, 0.6) is 0 Å². The lowest BCUT2D eigenvalue weighted by molar-refractivity contribution is -0.186. The Morgan fingerprint density at radius 2 is 1.54 bits per heavy atom. The summed E-state index contributed by atoms with van der Waals surface area (Å²) in [5, 5.41) is 8.89. The highest BCUT2D eigenvalue weighted by Crippen LogP contribution is 2.23. The molecule has 0 aromatic heterocycles. The molecule has 0 saturated carbocycles. The molecular formula is C13H11F7N2O5S. The largest absolute Gasteiger partial charge is 0.478 e. The van der Waals surface area contributed by atoms with Crippen molar-refractivity contribution in [1.29, 1.82) is 0 Å². The Bertz CT molecular complexity index is 836. The van der Waals surface area contributed by atoms with Crippen molar-refractivity contribution in [3.8, 4) is 0 Å². The number of carbonyl (C=O) groups is 2. The molecule has 1 aromatic carbocycles. The summed E-state index contributed by atoms with van der Waals surface area (Å²) >= 11 is 0. The topological polar surface area (TPSA) is 104 Å². The van der Waals surface area contributed by atoms with Crippen LogP contribution in [0.25, 0.3) is 0 Å². The van der Waals surface area contributed by atoms with Gasteiger partial charge in [-0.2, -0.15) is 26.3 Å². The number of anilines is 1. The average molecular weight is 440 g/mol. The molecule has 15 heteroatoms. The van der Waals surface area contributed by atoms with Crippen molar-refractivity contribution in [2.45, 2.75) is 12.4 Å². The third-order valence-electron chi connectivity index (χ3n) is 2.88. The maximum Gasteiger partial charge on any atom is 0.406 e. The fraction of sp³-hybridized carbons (Fsp3) is 0.385. The second kappa shape index (κ2) is 8.20. The minimum absolute atomic E-state index is 0.418. The third-order valence-corrected chi connectivity index (χ3v) is 4.04. The summed E-state index contributed by atoms with van der Waals surface area (Å²) in [6, 6.07) is 1.72. The number of halogens is 7. The van der Waals surface area contributed by atoms with E-state index in [2.05, 4.69) is 0 Å². The predicted molar refractivity (Wildman–Crippen MR) is 79.5 cm³/mol. The molecule has 28 heavy (non-hydrogen) atoms. The molecule has 0 unspecified atom stereocenters. The van der Waals surface area contributed by atoms with Crippen LogP contribution in [0.3, 0.4) is 0 Å². The van der Waals surface area contributed by atoms with E-state index < -0.39 is 75.1 Å². The van der Waals surface area contributed by atoms with Crippen molar-refractivity contribution in [3.63, 3.8) is 0 Å². The Hall–Kier alpha value is -2.58. The fourth-order valence-corrected chi connectivity index (χ4v) is 3.00. The summed E-state index contributed by atoms with van der Waals surface area (Å²) < 4.78 is 113. The van der Waals surface area contributed by atoms with E-state index >= 15 is 0 Å². The second-order valence-electron chi connectivity index (χ2n) is 5.34. The van der Waals surface area contributed by atoms with Gasteiger partial charge in [-0.15, -0.1) is 0 Å². The summed E-state index contributed by atoms with van der Waals surface area (Å²) in [5.41, 5.74) is -1.63. The van der Waals surface area contributed by atoms with E-state index in [1.54, 1.807) is 0 Å². The summed E-state index contributed by atoms with van der Waals surface area (Å²) in [7, 11) is -4.92. The number of hydrogen-bond donors (Lipinski definition) is 2. The number of carboxylic acids is 1. The molecule has 158 valence electrons. The molecule has 1 amide bonds. The Morgan fingerprint density at radius 1 is 1.04 bits per heavy atom. The molecule has 0 heterocycles. The first-order valence-corrected chi connectivity index (χ1v) is 8.59. The maximum atomic E-state index is 13.1. The number of amides is 1. The number of carboxylic acid groups (broad SMARTS) is 1. The number of alkyl halides is 6. The van der Waals surface area contributed by atoms with Gasteiger partial charge in [0.2, 0.25) is 15.9 Å². The number of aromatic carboxylic acids is 1. The number of rotatable bonds is 7. The predicted octanol–water partition coefficient (Wildman–Crippen LogP) is 2.22. The minimum Gasteiger partial charge on any atom is -0.478 e. The summed E-state index contributed by atoms with van der Waals surface area (Å²) in [6.07, 6.45) is -10.5. The molecule has 1 aromatic rings. The third kappa shape index (κ3) is 7.98. The molecule has 7 nitrogen and oxygen atoms in total.